The van der Waals surface area contributed by atoms with Crippen LogP contribution in [0.25, 0.3) is 0 Å². The number of rotatable bonds is 3. The molecule has 4 saturated carbocycles. The zero-order valence-electron chi connectivity index (χ0n) is 14.6. The Kier molecular flexibility index (Phi) is 3.92. The van der Waals surface area contributed by atoms with Gasteiger partial charge in [0.05, 0.1) is 16.0 Å². The van der Waals surface area contributed by atoms with Crippen LogP contribution in [0, 0.1) is 23.1 Å². The Morgan fingerprint density at radius 3 is 2.67 bits per heavy atom. The molecule has 1 aromatic heterocycles. The molecule has 0 unspecified atom stereocenters. The van der Waals surface area contributed by atoms with Crippen LogP contribution in [-0.4, -0.2) is 20.7 Å². The van der Waals surface area contributed by atoms with Crippen LogP contribution in [0.2, 0.25) is 5.02 Å². The molecule has 6 rings (SSSR count). The van der Waals surface area contributed by atoms with Crippen LogP contribution in [0.5, 0.6) is 0 Å². The lowest BCUT2D eigenvalue weighted by molar-refractivity contribution is -0.150. The van der Waals surface area contributed by atoms with E-state index < -0.39 is 11.2 Å². The minimum absolute atomic E-state index is 0.0160. The van der Waals surface area contributed by atoms with Crippen molar-refractivity contribution in [1.82, 2.24) is 14.8 Å². The summed E-state index contributed by atoms with van der Waals surface area (Å²) in [5.74, 6) is 0.580. The van der Waals surface area contributed by atoms with Crippen molar-refractivity contribution in [1.29, 1.82) is 0 Å². The highest BCUT2D eigenvalue weighted by Gasteiger charge is 2.61. The van der Waals surface area contributed by atoms with Crippen molar-refractivity contribution in [3.63, 3.8) is 0 Å². The molecule has 4 bridgehead atoms. The van der Waals surface area contributed by atoms with Gasteiger partial charge in [-0.15, -0.1) is 5.10 Å². The van der Waals surface area contributed by atoms with E-state index in [0.717, 1.165) is 32.1 Å². The van der Waals surface area contributed by atoms with Gasteiger partial charge in [-0.05, 0) is 84.5 Å². The molecule has 2 atom stereocenters. The normalized spacial score (nSPS) is 34.0. The van der Waals surface area contributed by atoms with Crippen molar-refractivity contribution in [3.8, 4) is 0 Å². The van der Waals surface area contributed by atoms with Gasteiger partial charge in [0, 0.05) is 5.69 Å². The monoisotopic (exact) mass is 452 g/mol. The molecule has 0 saturated heterocycles. The van der Waals surface area contributed by atoms with Gasteiger partial charge in [-0.25, -0.2) is 14.1 Å². The molecule has 142 valence electrons. The number of nitrogens with zero attached hydrogens (tertiary/aromatic N) is 3. The maximum absolute atomic E-state index is 13.4. The van der Waals surface area contributed by atoms with E-state index in [-0.39, 0.29) is 16.5 Å². The summed E-state index contributed by atoms with van der Waals surface area (Å²) in [5, 5.41) is 7.54. The van der Waals surface area contributed by atoms with Crippen LogP contribution >= 0.6 is 27.5 Å². The molecule has 4 aliphatic carbocycles. The first-order valence-electron chi connectivity index (χ1n) is 9.22. The number of carbonyl (C=O) groups excluding carboxylic acids is 1. The van der Waals surface area contributed by atoms with Crippen molar-refractivity contribution in [2.45, 2.75) is 44.1 Å². The fourth-order valence-corrected chi connectivity index (χ4v) is 6.50. The molecule has 0 spiro atoms. The molecule has 1 aromatic carbocycles. The molecule has 1 amide bonds. The van der Waals surface area contributed by atoms with Gasteiger partial charge in [0.2, 0.25) is 10.6 Å². The smallest absolute Gasteiger partial charge is 0.230 e. The van der Waals surface area contributed by atoms with Gasteiger partial charge in [0.15, 0.2) is 0 Å². The Morgan fingerprint density at radius 2 is 2.04 bits per heavy atom. The summed E-state index contributed by atoms with van der Waals surface area (Å²) in [6.07, 6.45) is 7.65. The van der Waals surface area contributed by atoms with Gasteiger partial charge in [-0.3, -0.25) is 4.79 Å². The van der Waals surface area contributed by atoms with E-state index in [1.807, 2.05) is 4.68 Å². The first-order chi connectivity index (χ1) is 12.9. The SMILES string of the molecule is O=C(Nc1ccc(F)c(Cl)c1)C12C[C@@H]3C[C@@H](C1)CC(n1cnc(Br)n1)(C3)C2. The Labute approximate surface area is 169 Å². The van der Waals surface area contributed by atoms with E-state index in [1.54, 1.807) is 12.4 Å². The summed E-state index contributed by atoms with van der Waals surface area (Å²) in [5.41, 5.74) is -0.00995. The number of hydrogen-bond donors (Lipinski definition) is 1. The Bertz CT molecular complexity index is 918. The zero-order chi connectivity index (χ0) is 18.8. The van der Waals surface area contributed by atoms with E-state index >= 15 is 0 Å². The van der Waals surface area contributed by atoms with Crippen LogP contribution < -0.4 is 5.32 Å². The second-order valence-corrected chi connectivity index (χ2v) is 9.62. The third-order valence-electron chi connectivity index (χ3n) is 6.64. The summed E-state index contributed by atoms with van der Waals surface area (Å²) in [7, 11) is 0. The highest BCUT2D eigenvalue weighted by atomic mass is 79.9. The number of anilines is 1. The average Bonchev–Trinajstić information content (AvgIpc) is 3.04. The van der Waals surface area contributed by atoms with E-state index in [9.17, 15) is 9.18 Å². The molecule has 5 nitrogen and oxygen atoms in total. The van der Waals surface area contributed by atoms with Crippen molar-refractivity contribution < 1.29 is 9.18 Å². The van der Waals surface area contributed by atoms with Gasteiger partial charge >= 0.3 is 0 Å². The molecule has 0 aliphatic heterocycles. The van der Waals surface area contributed by atoms with Crippen LogP contribution in [0.15, 0.2) is 29.3 Å². The number of nitrogens with one attached hydrogen (secondary N) is 1. The van der Waals surface area contributed by atoms with Gasteiger partial charge in [0.1, 0.15) is 12.1 Å². The quantitative estimate of drug-likeness (QED) is 0.728. The molecule has 1 N–H and O–H groups in total. The standard InChI is InChI=1S/C19H19BrClFN4O/c20-17-23-10-26(25-17)19-7-11-3-12(8-19)6-18(5-11,9-19)16(27)24-13-1-2-15(22)14(21)4-13/h1-2,4,10-12H,3,5-9H2,(H,24,27)/t11-,12-,18?,19?/m0/s1. The molecular formula is C19H19BrClFN4O. The number of aromatic nitrogens is 3. The molecule has 4 aliphatic rings. The van der Waals surface area contributed by atoms with Gasteiger partial charge in [-0.2, -0.15) is 0 Å². The Morgan fingerprint density at radius 1 is 1.30 bits per heavy atom. The largest absolute Gasteiger partial charge is 0.326 e. The molecule has 27 heavy (non-hydrogen) atoms. The van der Waals surface area contributed by atoms with Crippen LogP contribution in [0.1, 0.15) is 38.5 Å². The highest BCUT2D eigenvalue weighted by molar-refractivity contribution is 9.10. The molecule has 1 heterocycles. The lowest BCUT2D eigenvalue weighted by Gasteiger charge is -2.60. The van der Waals surface area contributed by atoms with Crippen LogP contribution in [-0.2, 0) is 10.3 Å². The number of benzene rings is 1. The Hall–Kier alpha value is -1.47. The van der Waals surface area contributed by atoms with Gasteiger partial charge < -0.3 is 5.32 Å². The third-order valence-corrected chi connectivity index (χ3v) is 7.29. The molecule has 2 aromatic rings. The highest BCUT2D eigenvalue weighted by Crippen LogP contribution is 2.64. The molecular weight excluding hydrogens is 435 g/mol. The summed E-state index contributed by atoms with van der Waals surface area (Å²) < 4.78 is 16.0. The summed E-state index contributed by atoms with van der Waals surface area (Å²) >= 11 is 9.22. The fraction of sp³-hybridized carbons (Fsp3) is 0.526. The van der Waals surface area contributed by atoms with Gasteiger partial charge in [0.25, 0.3) is 0 Å². The molecule has 4 fully saturated rings. The van der Waals surface area contributed by atoms with E-state index in [4.69, 9.17) is 11.6 Å². The number of carbonyl (C=O) groups is 1. The summed E-state index contributed by atoms with van der Waals surface area (Å²) in [4.78, 5) is 17.6. The van der Waals surface area contributed by atoms with Crippen molar-refractivity contribution in [2.75, 3.05) is 5.32 Å². The second-order valence-electron chi connectivity index (χ2n) is 8.51. The number of halogens is 3. The van der Waals surface area contributed by atoms with E-state index in [0.29, 0.717) is 22.3 Å². The zero-order valence-corrected chi connectivity index (χ0v) is 16.9. The van der Waals surface area contributed by atoms with Crippen LogP contribution in [0.4, 0.5) is 10.1 Å². The van der Waals surface area contributed by atoms with E-state index in [2.05, 4.69) is 31.3 Å². The third kappa shape index (κ3) is 2.81. The number of amides is 1. The average molecular weight is 454 g/mol. The summed E-state index contributed by atoms with van der Waals surface area (Å²) in [6.45, 7) is 0. The van der Waals surface area contributed by atoms with Crippen molar-refractivity contribution >= 4 is 39.1 Å². The van der Waals surface area contributed by atoms with Gasteiger partial charge in [-0.1, -0.05) is 11.6 Å². The fourth-order valence-electron chi connectivity index (χ4n) is 6.06. The Balaban J connectivity index is 1.46. The van der Waals surface area contributed by atoms with Crippen molar-refractivity contribution in [2.24, 2.45) is 17.3 Å². The topological polar surface area (TPSA) is 59.8 Å². The minimum Gasteiger partial charge on any atom is -0.326 e. The molecule has 8 heteroatoms. The first-order valence-corrected chi connectivity index (χ1v) is 10.4. The lowest BCUT2D eigenvalue weighted by atomic mass is 9.46. The first kappa shape index (κ1) is 17.6. The van der Waals surface area contributed by atoms with Crippen molar-refractivity contribution in [3.05, 3.63) is 40.1 Å². The second kappa shape index (κ2) is 6.01. The molecule has 0 radical (unpaired) electrons. The van der Waals surface area contributed by atoms with E-state index in [1.165, 1.54) is 18.6 Å². The predicted octanol–water partition coefficient (Wildman–Crippen LogP) is 4.77. The predicted molar refractivity (Wildman–Crippen MR) is 103 cm³/mol. The number of hydrogen-bond acceptors (Lipinski definition) is 3. The van der Waals surface area contributed by atoms with Crippen LogP contribution in [0.3, 0.4) is 0 Å². The minimum atomic E-state index is -0.486. The maximum atomic E-state index is 13.4. The summed E-state index contributed by atoms with van der Waals surface area (Å²) in [6, 6.07) is 4.32. The lowest BCUT2D eigenvalue weighted by Crippen LogP contribution is -2.60. The maximum Gasteiger partial charge on any atom is 0.230 e.